The molecule has 0 aromatic heterocycles. The van der Waals surface area contributed by atoms with Crippen LogP contribution >= 0.6 is 0 Å². The highest BCUT2D eigenvalue weighted by atomic mass is 32.2. The van der Waals surface area contributed by atoms with E-state index in [2.05, 4.69) is 22.0 Å². The molecule has 1 unspecified atom stereocenters. The molecule has 8 heteroatoms. The van der Waals surface area contributed by atoms with Crippen LogP contribution in [0, 0.1) is 18.7 Å². The highest BCUT2D eigenvalue weighted by molar-refractivity contribution is 7.89. The molecule has 0 spiro atoms. The number of carbonyl (C=O) groups excluding carboxylic acids is 1. The van der Waals surface area contributed by atoms with Crippen molar-refractivity contribution in [3.05, 3.63) is 59.4 Å². The molecule has 1 aliphatic heterocycles. The van der Waals surface area contributed by atoms with Crippen molar-refractivity contribution >= 4 is 21.6 Å². The summed E-state index contributed by atoms with van der Waals surface area (Å²) in [5.74, 6) is -0.531. The summed E-state index contributed by atoms with van der Waals surface area (Å²) in [5, 5.41) is 2.68. The van der Waals surface area contributed by atoms with Gasteiger partial charge in [-0.3, -0.25) is 4.79 Å². The Morgan fingerprint density at radius 1 is 1.17 bits per heavy atom. The third-order valence-corrected chi connectivity index (χ3v) is 7.19. The van der Waals surface area contributed by atoms with Crippen molar-refractivity contribution in [3.8, 4) is 0 Å². The summed E-state index contributed by atoms with van der Waals surface area (Å²) in [6.45, 7) is 5.40. The molecule has 6 nitrogen and oxygen atoms in total. The number of carbonyl (C=O) groups is 1. The number of aryl methyl sites for hydroxylation is 1. The number of rotatable bonds is 6. The highest BCUT2D eigenvalue weighted by Gasteiger charge is 2.26. The summed E-state index contributed by atoms with van der Waals surface area (Å²) in [7, 11) is -1.69. The predicted molar refractivity (Wildman–Crippen MR) is 116 cm³/mol. The number of hydrogen-bond acceptors (Lipinski definition) is 4. The molecule has 1 heterocycles. The second kappa shape index (κ2) is 9.24. The summed E-state index contributed by atoms with van der Waals surface area (Å²) in [6.07, 6.45) is 1.89. The van der Waals surface area contributed by atoms with Gasteiger partial charge in [0.15, 0.2) is 0 Å². The summed E-state index contributed by atoms with van der Waals surface area (Å²) >= 11 is 0. The fourth-order valence-electron chi connectivity index (χ4n) is 3.67. The molecule has 1 amide bonds. The third-order valence-electron chi connectivity index (χ3n) is 5.63. The summed E-state index contributed by atoms with van der Waals surface area (Å²) in [5.41, 5.74) is 1.07. The molecule has 0 aliphatic carbocycles. The average Bonchev–Trinajstić information content (AvgIpc) is 2.71. The SMILES string of the molecule is Cc1cc(NC(=O)c2cccc(S(=O)(=O)NC(C)C3CCN(C)CC3)c2)ccc1F. The molecule has 0 saturated carbocycles. The van der Waals surface area contributed by atoms with Gasteiger partial charge in [-0.15, -0.1) is 0 Å². The van der Waals surface area contributed by atoms with Crippen molar-refractivity contribution in [2.24, 2.45) is 5.92 Å². The quantitative estimate of drug-likeness (QED) is 0.732. The maximum Gasteiger partial charge on any atom is 0.255 e. The van der Waals surface area contributed by atoms with Gasteiger partial charge in [-0.2, -0.15) is 0 Å². The molecule has 2 N–H and O–H groups in total. The number of piperidine rings is 1. The molecule has 30 heavy (non-hydrogen) atoms. The lowest BCUT2D eigenvalue weighted by molar-refractivity contribution is 0.102. The van der Waals surface area contributed by atoms with E-state index in [0.29, 0.717) is 11.3 Å². The van der Waals surface area contributed by atoms with E-state index >= 15 is 0 Å². The molecule has 1 fully saturated rings. The minimum atomic E-state index is -3.76. The normalized spacial score (nSPS) is 16.9. The van der Waals surface area contributed by atoms with Crippen LogP contribution < -0.4 is 10.0 Å². The van der Waals surface area contributed by atoms with Crippen molar-refractivity contribution in [1.29, 1.82) is 0 Å². The van der Waals surface area contributed by atoms with Crippen LogP contribution in [0.1, 0.15) is 35.7 Å². The molecular weight excluding hydrogens is 405 g/mol. The van der Waals surface area contributed by atoms with Gasteiger partial charge in [-0.25, -0.2) is 17.5 Å². The van der Waals surface area contributed by atoms with Crippen molar-refractivity contribution in [2.45, 2.75) is 37.6 Å². The van der Waals surface area contributed by atoms with E-state index in [9.17, 15) is 17.6 Å². The van der Waals surface area contributed by atoms with Crippen molar-refractivity contribution in [3.63, 3.8) is 0 Å². The van der Waals surface area contributed by atoms with Gasteiger partial charge < -0.3 is 10.2 Å². The van der Waals surface area contributed by atoms with E-state index in [0.717, 1.165) is 25.9 Å². The number of anilines is 1. The second-order valence-electron chi connectivity index (χ2n) is 8.00. The van der Waals surface area contributed by atoms with Gasteiger partial charge in [0.2, 0.25) is 10.0 Å². The molecule has 1 saturated heterocycles. The number of likely N-dealkylation sites (tertiary alicyclic amines) is 1. The van der Waals surface area contributed by atoms with Crippen LogP contribution in [0.3, 0.4) is 0 Å². The standard InChI is InChI=1S/C22H28FN3O3S/c1-15-13-19(7-8-21(15)23)24-22(27)18-5-4-6-20(14-18)30(28,29)25-16(2)17-9-11-26(3)12-10-17/h4-8,13-14,16-17,25H,9-12H2,1-3H3,(H,24,27). The topological polar surface area (TPSA) is 78.5 Å². The van der Waals surface area contributed by atoms with Gasteiger partial charge >= 0.3 is 0 Å². The van der Waals surface area contributed by atoms with Gasteiger partial charge in [0.25, 0.3) is 5.91 Å². The summed E-state index contributed by atoms with van der Waals surface area (Å²) in [6, 6.07) is 10.00. The first-order chi connectivity index (χ1) is 14.2. The minimum absolute atomic E-state index is 0.0465. The zero-order valence-electron chi connectivity index (χ0n) is 17.5. The number of benzene rings is 2. The van der Waals surface area contributed by atoms with Gasteiger partial charge in [0.1, 0.15) is 5.82 Å². The molecule has 0 radical (unpaired) electrons. The van der Waals surface area contributed by atoms with Crippen LogP contribution in [-0.4, -0.2) is 45.4 Å². The number of halogens is 1. The van der Waals surface area contributed by atoms with Crippen LogP contribution in [0.15, 0.2) is 47.4 Å². The molecule has 1 aliphatic rings. The fourth-order valence-corrected chi connectivity index (χ4v) is 5.03. The van der Waals surface area contributed by atoms with Crippen LogP contribution in [0.4, 0.5) is 10.1 Å². The Balaban J connectivity index is 1.71. The van der Waals surface area contributed by atoms with E-state index in [1.807, 2.05) is 6.92 Å². The Morgan fingerprint density at radius 3 is 2.53 bits per heavy atom. The summed E-state index contributed by atoms with van der Waals surface area (Å²) in [4.78, 5) is 14.9. The maximum atomic E-state index is 13.4. The van der Waals surface area contributed by atoms with Crippen molar-refractivity contribution in [1.82, 2.24) is 9.62 Å². The fraction of sp³-hybridized carbons (Fsp3) is 0.409. The van der Waals surface area contributed by atoms with Crippen LogP contribution in [0.25, 0.3) is 0 Å². The first kappa shape index (κ1) is 22.4. The zero-order chi connectivity index (χ0) is 21.9. The Bertz CT molecular complexity index is 1020. The largest absolute Gasteiger partial charge is 0.322 e. The lowest BCUT2D eigenvalue weighted by Crippen LogP contribution is -2.43. The average molecular weight is 434 g/mol. The molecule has 0 bridgehead atoms. The van der Waals surface area contributed by atoms with E-state index in [1.54, 1.807) is 19.1 Å². The highest BCUT2D eigenvalue weighted by Crippen LogP contribution is 2.22. The maximum absolute atomic E-state index is 13.4. The molecule has 1 atom stereocenters. The van der Waals surface area contributed by atoms with Gasteiger partial charge in [-0.05, 0) is 94.7 Å². The zero-order valence-corrected chi connectivity index (χ0v) is 18.3. The first-order valence-electron chi connectivity index (χ1n) is 10.0. The van der Waals surface area contributed by atoms with E-state index in [1.165, 1.54) is 30.3 Å². The molecule has 2 aromatic rings. The number of nitrogens with zero attached hydrogens (tertiary/aromatic N) is 1. The van der Waals surface area contributed by atoms with Crippen LogP contribution in [0.5, 0.6) is 0 Å². The number of sulfonamides is 1. The van der Waals surface area contributed by atoms with Crippen molar-refractivity contribution in [2.75, 3.05) is 25.5 Å². The number of nitrogens with one attached hydrogen (secondary N) is 2. The Labute approximate surface area is 177 Å². The first-order valence-corrected chi connectivity index (χ1v) is 11.5. The van der Waals surface area contributed by atoms with Crippen LogP contribution in [-0.2, 0) is 10.0 Å². The smallest absolute Gasteiger partial charge is 0.255 e. The Hall–Kier alpha value is -2.29. The van der Waals surface area contributed by atoms with Gasteiger partial charge in [0.05, 0.1) is 4.90 Å². The van der Waals surface area contributed by atoms with E-state index in [-0.39, 0.29) is 28.2 Å². The van der Waals surface area contributed by atoms with Crippen LogP contribution in [0.2, 0.25) is 0 Å². The monoisotopic (exact) mass is 433 g/mol. The van der Waals surface area contributed by atoms with Gasteiger partial charge in [0, 0.05) is 17.3 Å². The van der Waals surface area contributed by atoms with Gasteiger partial charge in [-0.1, -0.05) is 6.07 Å². The minimum Gasteiger partial charge on any atom is -0.322 e. The van der Waals surface area contributed by atoms with E-state index < -0.39 is 15.9 Å². The Morgan fingerprint density at radius 2 is 1.87 bits per heavy atom. The third kappa shape index (κ3) is 5.44. The number of amides is 1. The second-order valence-corrected chi connectivity index (χ2v) is 9.71. The van der Waals surface area contributed by atoms with E-state index in [4.69, 9.17) is 0 Å². The van der Waals surface area contributed by atoms with Crippen molar-refractivity contribution < 1.29 is 17.6 Å². The molecule has 2 aromatic carbocycles. The lowest BCUT2D eigenvalue weighted by atomic mass is 9.91. The summed E-state index contributed by atoms with van der Waals surface area (Å²) < 4.78 is 41.9. The lowest BCUT2D eigenvalue weighted by Gasteiger charge is -2.32. The Kier molecular flexibility index (Phi) is 6.90. The number of hydrogen-bond donors (Lipinski definition) is 2. The molecule has 162 valence electrons. The predicted octanol–water partition coefficient (Wildman–Crippen LogP) is 3.40. The molecule has 3 rings (SSSR count). The molecular formula is C22H28FN3O3S.